The first-order chi connectivity index (χ1) is 16.6. The molecule has 174 valence electrons. The molecule has 2 aromatic heterocycles. The number of benzene rings is 2. The number of carbonyl (C=O) groups excluding carboxylic acids is 1. The van der Waals surface area contributed by atoms with Crippen molar-refractivity contribution in [1.82, 2.24) is 15.2 Å². The number of carbonyl (C=O) groups is 1. The molecule has 5 rings (SSSR count). The fourth-order valence-electron chi connectivity index (χ4n) is 4.92. The van der Waals surface area contributed by atoms with Gasteiger partial charge in [-0.1, -0.05) is 48.0 Å². The summed E-state index contributed by atoms with van der Waals surface area (Å²) in [4.78, 5) is 20.8. The van der Waals surface area contributed by atoms with E-state index >= 15 is 0 Å². The third-order valence-electron chi connectivity index (χ3n) is 6.83. The molecular weight excluding hydrogens is 462 g/mol. The Morgan fingerprint density at radius 1 is 1.03 bits per heavy atom. The summed E-state index contributed by atoms with van der Waals surface area (Å²) in [7, 11) is 2.02. The molecule has 2 heterocycles. The summed E-state index contributed by atoms with van der Waals surface area (Å²) in [5.74, 6) is 0.0356. The van der Waals surface area contributed by atoms with Crippen LogP contribution in [0, 0.1) is 0 Å². The molecule has 0 radical (unpaired) electrons. The summed E-state index contributed by atoms with van der Waals surface area (Å²) in [6, 6.07) is 21.2. The monoisotopic (exact) mass is 489 g/mol. The topological polar surface area (TPSA) is 45.2 Å². The van der Waals surface area contributed by atoms with Crippen molar-refractivity contribution in [3.8, 4) is 11.1 Å². The number of hydrogen-bond acceptors (Lipinski definition) is 4. The van der Waals surface area contributed by atoms with Gasteiger partial charge in [-0.3, -0.25) is 9.78 Å². The third-order valence-corrected chi connectivity index (χ3v) is 8.49. The Hall–Kier alpha value is -2.73. The van der Waals surface area contributed by atoms with Crippen molar-refractivity contribution in [2.24, 2.45) is 0 Å². The smallest absolute Gasteiger partial charge is 0.266 e. The van der Waals surface area contributed by atoms with Crippen LogP contribution in [0.4, 0.5) is 0 Å². The summed E-state index contributed by atoms with van der Waals surface area (Å²) in [5.41, 5.74) is 3.37. The molecule has 0 unspecified atom stereocenters. The van der Waals surface area contributed by atoms with Crippen LogP contribution < -0.4 is 5.32 Å². The van der Waals surface area contributed by atoms with Crippen LogP contribution in [0.3, 0.4) is 0 Å². The predicted octanol–water partition coefficient (Wildman–Crippen LogP) is 6.79. The first-order valence-electron chi connectivity index (χ1n) is 11.8. The molecule has 0 bridgehead atoms. The van der Waals surface area contributed by atoms with E-state index in [4.69, 9.17) is 11.6 Å². The van der Waals surface area contributed by atoms with Gasteiger partial charge in [-0.2, -0.15) is 0 Å². The molecule has 1 N–H and O–H groups in total. The molecule has 4 nitrogen and oxygen atoms in total. The van der Waals surface area contributed by atoms with E-state index in [-0.39, 0.29) is 11.9 Å². The zero-order valence-electron chi connectivity index (χ0n) is 19.2. The Labute approximate surface area is 209 Å². The maximum Gasteiger partial charge on any atom is 0.266 e. The van der Waals surface area contributed by atoms with Gasteiger partial charge in [0.25, 0.3) is 5.91 Å². The second kappa shape index (κ2) is 10.3. The van der Waals surface area contributed by atoms with Gasteiger partial charge in [-0.05, 0) is 73.7 Å². The number of thiophene rings is 1. The van der Waals surface area contributed by atoms with Crippen molar-refractivity contribution in [2.75, 3.05) is 7.05 Å². The minimum atomic E-state index is 0.0356. The molecule has 0 spiro atoms. The van der Waals surface area contributed by atoms with Gasteiger partial charge in [0.05, 0.1) is 5.02 Å². The van der Waals surface area contributed by atoms with Gasteiger partial charge in [-0.15, -0.1) is 11.3 Å². The van der Waals surface area contributed by atoms with Crippen molar-refractivity contribution in [2.45, 2.75) is 44.3 Å². The van der Waals surface area contributed by atoms with Crippen LogP contribution in [0.25, 0.3) is 21.2 Å². The van der Waals surface area contributed by atoms with Gasteiger partial charge in [0, 0.05) is 41.1 Å². The second-order valence-corrected chi connectivity index (χ2v) is 10.3. The number of pyridine rings is 1. The lowest BCUT2D eigenvalue weighted by Crippen LogP contribution is -2.44. The molecule has 2 aromatic carbocycles. The van der Waals surface area contributed by atoms with E-state index in [1.807, 2.05) is 55.8 Å². The van der Waals surface area contributed by atoms with Crippen LogP contribution in [-0.2, 0) is 6.54 Å². The summed E-state index contributed by atoms with van der Waals surface area (Å²) < 4.78 is 1.05. The average molecular weight is 490 g/mol. The number of nitrogens with one attached hydrogen (secondary N) is 1. The Morgan fingerprint density at radius 3 is 2.53 bits per heavy atom. The highest BCUT2D eigenvalue weighted by atomic mass is 35.5. The van der Waals surface area contributed by atoms with Gasteiger partial charge in [0.1, 0.15) is 4.88 Å². The number of fused-ring (bicyclic) bond motifs is 1. The number of aromatic nitrogens is 1. The van der Waals surface area contributed by atoms with Crippen LogP contribution in [0.5, 0.6) is 0 Å². The van der Waals surface area contributed by atoms with Gasteiger partial charge >= 0.3 is 0 Å². The van der Waals surface area contributed by atoms with Gasteiger partial charge < -0.3 is 10.2 Å². The Kier molecular flexibility index (Phi) is 6.95. The van der Waals surface area contributed by atoms with E-state index in [2.05, 4.69) is 39.5 Å². The molecule has 1 amide bonds. The maximum absolute atomic E-state index is 14.0. The quantitative estimate of drug-likeness (QED) is 0.324. The summed E-state index contributed by atoms with van der Waals surface area (Å²) in [6.07, 6.45) is 7.74. The normalized spacial score (nSPS) is 18.2. The van der Waals surface area contributed by atoms with Crippen LogP contribution in [0.2, 0.25) is 5.02 Å². The van der Waals surface area contributed by atoms with E-state index in [9.17, 15) is 4.79 Å². The zero-order valence-corrected chi connectivity index (χ0v) is 20.8. The molecule has 6 heteroatoms. The molecule has 0 saturated heterocycles. The molecular formula is C28H28ClN3OS. The highest BCUT2D eigenvalue weighted by Gasteiger charge is 2.31. The molecule has 0 atom stereocenters. The summed E-state index contributed by atoms with van der Waals surface area (Å²) >= 11 is 8.23. The van der Waals surface area contributed by atoms with Crippen molar-refractivity contribution in [3.05, 3.63) is 88.5 Å². The van der Waals surface area contributed by atoms with E-state index < -0.39 is 0 Å². The Morgan fingerprint density at radius 2 is 1.79 bits per heavy atom. The molecule has 1 fully saturated rings. The fraction of sp³-hybridized carbons (Fsp3) is 0.286. The first kappa shape index (κ1) is 23.0. The van der Waals surface area contributed by atoms with E-state index in [0.717, 1.165) is 52.5 Å². The van der Waals surface area contributed by atoms with Crippen LogP contribution in [0.1, 0.15) is 40.9 Å². The minimum Gasteiger partial charge on any atom is -0.331 e. The molecule has 34 heavy (non-hydrogen) atoms. The lowest BCUT2D eigenvalue weighted by molar-refractivity contribution is 0.0606. The number of halogens is 1. The van der Waals surface area contributed by atoms with E-state index in [0.29, 0.717) is 22.5 Å². The molecule has 4 aromatic rings. The molecule has 1 aliphatic rings. The van der Waals surface area contributed by atoms with Crippen LogP contribution in [0.15, 0.2) is 73.1 Å². The van der Waals surface area contributed by atoms with Gasteiger partial charge in [0.2, 0.25) is 0 Å². The highest BCUT2D eigenvalue weighted by Crippen LogP contribution is 2.37. The SMILES string of the molecule is CN[C@H]1CC[C@H](N(Cc2cccc(-c3ccncc3)c2)C(=O)c2sc3ccccc3c2Cl)CC1. The Balaban J connectivity index is 1.47. The molecule has 0 aliphatic heterocycles. The largest absolute Gasteiger partial charge is 0.331 e. The number of amides is 1. The van der Waals surface area contributed by atoms with Crippen LogP contribution in [-0.4, -0.2) is 34.9 Å². The predicted molar refractivity (Wildman–Crippen MR) is 141 cm³/mol. The lowest BCUT2D eigenvalue weighted by atomic mass is 9.89. The second-order valence-electron chi connectivity index (χ2n) is 8.90. The number of rotatable bonds is 6. The van der Waals surface area contributed by atoms with Crippen molar-refractivity contribution in [3.63, 3.8) is 0 Å². The summed E-state index contributed by atoms with van der Waals surface area (Å²) in [6.45, 7) is 0.567. The zero-order chi connectivity index (χ0) is 23.5. The standard InChI is InChI=1S/C28H28ClN3OS/c1-30-22-9-11-23(12-10-22)32(28(33)27-26(29)24-7-2-3-8-25(24)34-27)18-19-5-4-6-21(17-19)20-13-15-31-16-14-20/h2-8,13-17,22-23,30H,9-12,18H2,1H3/t22-,23-. The average Bonchev–Trinajstić information content (AvgIpc) is 3.24. The minimum absolute atomic E-state index is 0.0356. The maximum atomic E-state index is 14.0. The molecule has 1 aliphatic carbocycles. The van der Waals surface area contributed by atoms with Gasteiger partial charge in [0.15, 0.2) is 0 Å². The lowest BCUT2D eigenvalue weighted by Gasteiger charge is -2.37. The van der Waals surface area contributed by atoms with Gasteiger partial charge in [-0.25, -0.2) is 0 Å². The van der Waals surface area contributed by atoms with Crippen molar-refractivity contribution in [1.29, 1.82) is 0 Å². The highest BCUT2D eigenvalue weighted by molar-refractivity contribution is 7.21. The third kappa shape index (κ3) is 4.74. The van der Waals surface area contributed by atoms with Crippen molar-refractivity contribution >= 4 is 38.9 Å². The summed E-state index contributed by atoms with van der Waals surface area (Å²) in [5, 5.41) is 4.93. The molecule has 1 saturated carbocycles. The number of nitrogens with zero attached hydrogens (tertiary/aromatic N) is 2. The number of hydrogen-bond donors (Lipinski definition) is 1. The van der Waals surface area contributed by atoms with Crippen LogP contribution >= 0.6 is 22.9 Å². The van der Waals surface area contributed by atoms with E-state index in [1.165, 1.54) is 11.3 Å². The van der Waals surface area contributed by atoms with E-state index in [1.54, 1.807) is 0 Å². The fourth-order valence-corrected chi connectivity index (χ4v) is 6.38. The Bertz CT molecular complexity index is 1280. The first-order valence-corrected chi connectivity index (χ1v) is 13.0. The van der Waals surface area contributed by atoms with Crippen molar-refractivity contribution < 1.29 is 4.79 Å².